The van der Waals surface area contributed by atoms with Crippen molar-refractivity contribution in [2.24, 2.45) is 0 Å². The number of anilines is 2. The minimum absolute atomic E-state index is 0.894. The highest BCUT2D eigenvalue weighted by Crippen LogP contribution is 2.34. The van der Waals surface area contributed by atoms with Crippen LogP contribution in [0.3, 0.4) is 0 Å². The first-order valence-corrected chi connectivity index (χ1v) is 7.97. The lowest BCUT2D eigenvalue weighted by Gasteiger charge is -2.14. The summed E-state index contributed by atoms with van der Waals surface area (Å²) in [6.07, 6.45) is 2.88. The van der Waals surface area contributed by atoms with E-state index >= 15 is 0 Å². The molecule has 4 aromatic rings. The Kier molecular flexibility index (Phi) is 3.43. The van der Waals surface area contributed by atoms with E-state index in [-0.39, 0.29) is 0 Å². The number of rotatable bonds is 3. The molecule has 0 atom stereocenters. The van der Waals surface area contributed by atoms with Crippen molar-refractivity contribution in [1.82, 2.24) is 4.98 Å². The molecule has 3 aromatic carbocycles. The van der Waals surface area contributed by atoms with Gasteiger partial charge in [0, 0.05) is 17.0 Å². The van der Waals surface area contributed by atoms with E-state index in [2.05, 4.69) is 84.0 Å². The van der Waals surface area contributed by atoms with Crippen molar-refractivity contribution in [3.05, 3.63) is 78.5 Å². The second-order valence-corrected chi connectivity index (χ2v) is 5.72. The van der Waals surface area contributed by atoms with Gasteiger partial charge in [-0.05, 0) is 41.0 Å². The fourth-order valence-corrected chi connectivity index (χ4v) is 3.04. The molecule has 2 heteroatoms. The van der Waals surface area contributed by atoms with E-state index in [1.54, 1.807) is 0 Å². The Morgan fingerprint density at radius 2 is 1.48 bits per heavy atom. The topological polar surface area (TPSA) is 24.9 Å². The molecule has 0 amide bonds. The van der Waals surface area contributed by atoms with E-state index in [1.165, 1.54) is 27.1 Å². The molecule has 0 bridgehead atoms. The first-order valence-electron chi connectivity index (χ1n) is 7.97. The fourth-order valence-electron chi connectivity index (χ4n) is 3.04. The van der Waals surface area contributed by atoms with Gasteiger partial charge in [0.1, 0.15) is 5.82 Å². The van der Waals surface area contributed by atoms with Gasteiger partial charge < -0.3 is 5.32 Å². The Morgan fingerprint density at radius 3 is 2.13 bits per heavy atom. The highest BCUT2D eigenvalue weighted by atomic mass is 15.0. The van der Waals surface area contributed by atoms with Crippen LogP contribution in [0.5, 0.6) is 0 Å². The summed E-state index contributed by atoms with van der Waals surface area (Å²) < 4.78 is 0. The predicted molar refractivity (Wildman–Crippen MR) is 98.4 cm³/mol. The summed E-state index contributed by atoms with van der Waals surface area (Å²) in [6, 6.07) is 23.4. The molecule has 1 aromatic heterocycles. The zero-order valence-electron chi connectivity index (χ0n) is 13.1. The first kappa shape index (κ1) is 13.8. The summed E-state index contributed by atoms with van der Waals surface area (Å²) in [5.74, 6) is 0.894. The van der Waals surface area contributed by atoms with Gasteiger partial charge >= 0.3 is 0 Å². The normalized spacial score (nSPS) is 11.0. The third-order valence-corrected chi connectivity index (χ3v) is 4.26. The SMILES string of the molecule is CCc1ccnc(Nc2c3ccccc3cc3ccccc23)c1. The van der Waals surface area contributed by atoms with Crippen LogP contribution in [0.15, 0.2) is 72.9 Å². The van der Waals surface area contributed by atoms with Gasteiger partial charge in [0.15, 0.2) is 0 Å². The molecule has 0 radical (unpaired) electrons. The lowest BCUT2D eigenvalue weighted by atomic mass is 10.0. The predicted octanol–water partition coefficient (Wildman–Crippen LogP) is 5.69. The van der Waals surface area contributed by atoms with Crippen LogP contribution < -0.4 is 5.32 Å². The number of hydrogen-bond acceptors (Lipinski definition) is 2. The van der Waals surface area contributed by atoms with Crippen LogP contribution in [0.25, 0.3) is 21.5 Å². The van der Waals surface area contributed by atoms with Gasteiger partial charge in [-0.2, -0.15) is 0 Å². The molecule has 0 saturated carbocycles. The Morgan fingerprint density at radius 1 is 0.826 bits per heavy atom. The molecule has 0 aliphatic heterocycles. The number of aryl methyl sites for hydroxylation is 1. The number of aromatic nitrogens is 1. The van der Waals surface area contributed by atoms with Crippen LogP contribution >= 0.6 is 0 Å². The van der Waals surface area contributed by atoms with Crippen molar-refractivity contribution in [1.29, 1.82) is 0 Å². The molecule has 4 rings (SSSR count). The maximum atomic E-state index is 4.49. The van der Waals surface area contributed by atoms with E-state index < -0.39 is 0 Å². The molecule has 0 aliphatic rings. The smallest absolute Gasteiger partial charge is 0.130 e. The lowest BCUT2D eigenvalue weighted by Crippen LogP contribution is -1.96. The van der Waals surface area contributed by atoms with Crippen LogP contribution in [0, 0.1) is 0 Å². The molecule has 0 aliphatic carbocycles. The Bertz CT molecular complexity index is 935. The van der Waals surface area contributed by atoms with Crippen LogP contribution in [-0.4, -0.2) is 4.98 Å². The number of nitrogens with one attached hydrogen (secondary N) is 1. The second-order valence-electron chi connectivity index (χ2n) is 5.72. The molecule has 0 fully saturated rings. The zero-order chi connectivity index (χ0) is 15.6. The van der Waals surface area contributed by atoms with E-state index in [9.17, 15) is 0 Å². The van der Waals surface area contributed by atoms with Crippen molar-refractivity contribution in [3.63, 3.8) is 0 Å². The van der Waals surface area contributed by atoms with Crippen molar-refractivity contribution >= 4 is 33.1 Å². The Hall–Kier alpha value is -2.87. The monoisotopic (exact) mass is 298 g/mol. The molecule has 0 unspecified atom stereocenters. The number of nitrogens with zero attached hydrogens (tertiary/aromatic N) is 1. The standard InChI is InChI=1S/C21H18N2/c1-2-15-11-12-22-20(13-15)23-21-18-9-5-3-7-16(18)14-17-8-4-6-10-19(17)21/h3-14H,2H2,1H3,(H,22,23). The van der Waals surface area contributed by atoms with Crippen LogP contribution in [-0.2, 0) is 6.42 Å². The largest absolute Gasteiger partial charge is 0.339 e. The summed E-state index contributed by atoms with van der Waals surface area (Å²) in [4.78, 5) is 4.49. The quantitative estimate of drug-likeness (QED) is 0.491. The summed E-state index contributed by atoms with van der Waals surface area (Å²) in [7, 11) is 0. The maximum absolute atomic E-state index is 4.49. The van der Waals surface area contributed by atoms with Crippen molar-refractivity contribution < 1.29 is 0 Å². The molecule has 1 heterocycles. The number of pyridine rings is 1. The molecule has 23 heavy (non-hydrogen) atoms. The molecular weight excluding hydrogens is 280 g/mol. The van der Waals surface area contributed by atoms with E-state index in [4.69, 9.17) is 0 Å². The minimum atomic E-state index is 0.894. The average Bonchev–Trinajstić information content (AvgIpc) is 2.61. The first-order chi connectivity index (χ1) is 11.3. The van der Waals surface area contributed by atoms with E-state index in [0.29, 0.717) is 0 Å². The fraction of sp³-hybridized carbons (Fsp3) is 0.0952. The summed E-state index contributed by atoms with van der Waals surface area (Å²) in [5.41, 5.74) is 2.41. The van der Waals surface area contributed by atoms with E-state index in [1.807, 2.05) is 6.20 Å². The summed E-state index contributed by atoms with van der Waals surface area (Å²) >= 11 is 0. The average molecular weight is 298 g/mol. The van der Waals surface area contributed by atoms with Gasteiger partial charge in [0.05, 0.1) is 5.69 Å². The van der Waals surface area contributed by atoms with Crippen molar-refractivity contribution in [2.45, 2.75) is 13.3 Å². The summed E-state index contributed by atoms with van der Waals surface area (Å²) in [6.45, 7) is 2.16. The molecular formula is C21H18N2. The minimum Gasteiger partial charge on any atom is -0.339 e. The number of hydrogen-bond donors (Lipinski definition) is 1. The van der Waals surface area contributed by atoms with Gasteiger partial charge in [-0.1, -0.05) is 55.5 Å². The van der Waals surface area contributed by atoms with Gasteiger partial charge in [0.2, 0.25) is 0 Å². The Balaban J connectivity index is 1.95. The van der Waals surface area contributed by atoms with Crippen LogP contribution in [0.2, 0.25) is 0 Å². The number of fused-ring (bicyclic) bond motifs is 2. The second kappa shape index (κ2) is 5.73. The van der Waals surface area contributed by atoms with Crippen LogP contribution in [0.1, 0.15) is 12.5 Å². The van der Waals surface area contributed by atoms with Gasteiger partial charge in [0.25, 0.3) is 0 Å². The van der Waals surface area contributed by atoms with Gasteiger partial charge in [-0.3, -0.25) is 0 Å². The molecule has 112 valence electrons. The van der Waals surface area contributed by atoms with Crippen LogP contribution in [0.4, 0.5) is 11.5 Å². The lowest BCUT2D eigenvalue weighted by molar-refractivity contribution is 1.12. The Labute approximate surface area is 135 Å². The summed E-state index contributed by atoms with van der Waals surface area (Å²) in [5, 5.41) is 8.46. The van der Waals surface area contributed by atoms with E-state index in [0.717, 1.165) is 17.9 Å². The highest BCUT2D eigenvalue weighted by Gasteiger charge is 2.08. The molecule has 2 nitrogen and oxygen atoms in total. The highest BCUT2D eigenvalue weighted by molar-refractivity contribution is 6.11. The van der Waals surface area contributed by atoms with Crippen molar-refractivity contribution in [2.75, 3.05) is 5.32 Å². The zero-order valence-corrected chi connectivity index (χ0v) is 13.1. The maximum Gasteiger partial charge on any atom is 0.130 e. The number of benzene rings is 3. The van der Waals surface area contributed by atoms with Gasteiger partial charge in [-0.25, -0.2) is 4.98 Å². The third-order valence-electron chi connectivity index (χ3n) is 4.26. The van der Waals surface area contributed by atoms with Gasteiger partial charge in [-0.15, -0.1) is 0 Å². The molecule has 1 N–H and O–H groups in total. The third kappa shape index (κ3) is 2.53. The molecule has 0 spiro atoms. The van der Waals surface area contributed by atoms with Crippen molar-refractivity contribution in [3.8, 4) is 0 Å². The molecule has 0 saturated heterocycles.